The Bertz CT molecular complexity index is 1100. The summed E-state index contributed by atoms with van der Waals surface area (Å²) in [5, 5.41) is 7.68. The number of anilines is 1. The third-order valence-electron chi connectivity index (χ3n) is 5.43. The summed E-state index contributed by atoms with van der Waals surface area (Å²) in [7, 11) is 0. The van der Waals surface area contributed by atoms with Crippen molar-refractivity contribution in [2.45, 2.75) is 46.6 Å². The Kier molecular flexibility index (Phi) is 8.23. The number of likely N-dealkylation sites (N-methyl/N-ethyl adjacent to an activating group) is 1. The van der Waals surface area contributed by atoms with Crippen LogP contribution in [-0.2, 0) is 26.3 Å². The molecule has 0 saturated heterocycles. The number of nitrogens with zero attached hydrogens (tertiary/aromatic N) is 3. The lowest BCUT2D eigenvalue weighted by Gasteiger charge is -2.20. The van der Waals surface area contributed by atoms with Crippen molar-refractivity contribution in [3.8, 4) is 5.69 Å². The molecule has 7 heteroatoms. The lowest BCUT2D eigenvalue weighted by atomic mass is 9.92. The summed E-state index contributed by atoms with van der Waals surface area (Å²) in [6.45, 7) is 10.7. The Hall–Kier alpha value is -3.45. The Morgan fingerprint density at radius 3 is 2.35 bits per heavy atom. The first kappa shape index (κ1) is 25.2. The van der Waals surface area contributed by atoms with E-state index in [1.807, 2.05) is 74.5 Å². The molecule has 34 heavy (non-hydrogen) atoms. The van der Waals surface area contributed by atoms with Gasteiger partial charge in [-0.05, 0) is 31.5 Å². The Morgan fingerprint density at radius 2 is 1.74 bits per heavy atom. The number of aromatic nitrogens is 2. The van der Waals surface area contributed by atoms with Crippen molar-refractivity contribution < 1.29 is 14.3 Å². The molecule has 1 aromatic heterocycles. The average molecular weight is 463 g/mol. The molecule has 3 aromatic rings. The summed E-state index contributed by atoms with van der Waals surface area (Å²) in [4.78, 5) is 27.0. The molecule has 0 atom stereocenters. The van der Waals surface area contributed by atoms with Gasteiger partial charge in [0.25, 0.3) is 0 Å². The number of carbonyl (C=O) groups excluding carboxylic acids is 2. The number of hydrogen-bond donors (Lipinski definition) is 1. The van der Waals surface area contributed by atoms with Crippen LogP contribution in [0.4, 0.5) is 5.82 Å². The zero-order chi connectivity index (χ0) is 24.7. The third kappa shape index (κ3) is 6.78. The van der Waals surface area contributed by atoms with Crippen LogP contribution in [-0.4, -0.2) is 46.2 Å². The summed E-state index contributed by atoms with van der Waals surface area (Å²) in [5.74, 6) is 0.0607. The van der Waals surface area contributed by atoms with Crippen molar-refractivity contribution >= 4 is 17.6 Å². The van der Waals surface area contributed by atoms with E-state index in [4.69, 9.17) is 9.84 Å². The van der Waals surface area contributed by atoms with Crippen LogP contribution in [0.1, 0.15) is 44.5 Å². The van der Waals surface area contributed by atoms with Crippen molar-refractivity contribution in [3.63, 3.8) is 0 Å². The fraction of sp³-hybridized carbons (Fsp3) is 0.370. The molecule has 2 amide bonds. The van der Waals surface area contributed by atoms with Crippen molar-refractivity contribution in [1.29, 1.82) is 0 Å². The summed E-state index contributed by atoms with van der Waals surface area (Å²) in [5.41, 5.74) is 3.67. The van der Waals surface area contributed by atoms with Crippen LogP contribution in [0.15, 0.2) is 60.7 Å². The number of rotatable bonds is 9. The molecule has 0 fully saturated rings. The largest absolute Gasteiger partial charge is 0.367 e. The molecular formula is C27H34N4O3. The van der Waals surface area contributed by atoms with Gasteiger partial charge in [-0.15, -0.1) is 0 Å². The lowest BCUT2D eigenvalue weighted by Crippen LogP contribution is -2.40. The highest BCUT2D eigenvalue weighted by molar-refractivity contribution is 5.94. The molecule has 0 unspecified atom stereocenters. The molecule has 3 rings (SSSR count). The first-order valence-corrected chi connectivity index (χ1v) is 11.5. The number of amides is 2. The van der Waals surface area contributed by atoms with Gasteiger partial charge in [-0.3, -0.25) is 9.59 Å². The molecule has 0 saturated carbocycles. The summed E-state index contributed by atoms with van der Waals surface area (Å²) >= 11 is 0. The highest BCUT2D eigenvalue weighted by Crippen LogP contribution is 2.26. The molecular weight excluding hydrogens is 428 g/mol. The SMILES string of the molecule is CCN(CC(=O)Nc1cc(C(C)(C)C)nn1-c1ccc(C)cc1)C(=O)COCc1ccccc1. The van der Waals surface area contributed by atoms with Crippen LogP contribution in [0.2, 0.25) is 0 Å². The Morgan fingerprint density at radius 1 is 1.06 bits per heavy atom. The van der Waals surface area contributed by atoms with E-state index in [2.05, 4.69) is 26.1 Å². The Balaban J connectivity index is 1.66. The fourth-order valence-electron chi connectivity index (χ4n) is 3.37. The second kappa shape index (κ2) is 11.1. The quantitative estimate of drug-likeness (QED) is 0.509. The van der Waals surface area contributed by atoms with E-state index in [-0.39, 0.29) is 30.4 Å². The van der Waals surface area contributed by atoms with Crippen molar-refractivity contribution in [2.75, 3.05) is 25.0 Å². The third-order valence-corrected chi connectivity index (χ3v) is 5.43. The maximum atomic E-state index is 12.9. The molecule has 0 aliphatic heterocycles. The summed E-state index contributed by atoms with van der Waals surface area (Å²) in [6, 6.07) is 19.5. The van der Waals surface area contributed by atoms with Gasteiger partial charge < -0.3 is 15.0 Å². The summed E-state index contributed by atoms with van der Waals surface area (Å²) in [6.07, 6.45) is 0. The smallest absolute Gasteiger partial charge is 0.249 e. The minimum absolute atomic E-state index is 0.0615. The van der Waals surface area contributed by atoms with Gasteiger partial charge in [-0.1, -0.05) is 68.8 Å². The minimum atomic E-state index is -0.285. The molecule has 0 radical (unpaired) electrons. The number of ether oxygens (including phenoxy) is 1. The zero-order valence-electron chi connectivity index (χ0n) is 20.7. The molecule has 0 bridgehead atoms. The molecule has 2 aromatic carbocycles. The maximum absolute atomic E-state index is 12.9. The molecule has 180 valence electrons. The van der Waals surface area contributed by atoms with Gasteiger partial charge in [0.2, 0.25) is 11.8 Å². The van der Waals surface area contributed by atoms with Gasteiger partial charge in [-0.2, -0.15) is 5.10 Å². The van der Waals surface area contributed by atoms with Gasteiger partial charge in [0.1, 0.15) is 12.4 Å². The van der Waals surface area contributed by atoms with Gasteiger partial charge in [0.05, 0.1) is 24.5 Å². The highest BCUT2D eigenvalue weighted by Gasteiger charge is 2.22. The van der Waals surface area contributed by atoms with E-state index < -0.39 is 0 Å². The number of benzene rings is 2. The molecule has 7 nitrogen and oxygen atoms in total. The van der Waals surface area contributed by atoms with Gasteiger partial charge in [0.15, 0.2) is 0 Å². The van der Waals surface area contributed by atoms with E-state index in [0.717, 1.165) is 22.5 Å². The van der Waals surface area contributed by atoms with E-state index in [1.54, 1.807) is 4.68 Å². The highest BCUT2D eigenvalue weighted by atomic mass is 16.5. The van der Waals surface area contributed by atoms with Gasteiger partial charge >= 0.3 is 0 Å². The predicted octanol–water partition coefficient (Wildman–Crippen LogP) is 4.48. The van der Waals surface area contributed by atoms with E-state index in [1.165, 1.54) is 4.90 Å². The van der Waals surface area contributed by atoms with Gasteiger partial charge in [-0.25, -0.2) is 4.68 Å². The number of hydrogen-bond acceptors (Lipinski definition) is 4. The second-order valence-electron chi connectivity index (χ2n) is 9.35. The predicted molar refractivity (Wildman–Crippen MR) is 134 cm³/mol. The molecule has 1 N–H and O–H groups in total. The minimum Gasteiger partial charge on any atom is -0.367 e. The molecule has 0 aliphatic rings. The van der Waals surface area contributed by atoms with E-state index in [0.29, 0.717) is 19.0 Å². The average Bonchev–Trinajstić information content (AvgIpc) is 3.23. The number of aryl methyl sites for hydroxylation is 1. The van der Waals surface area contributed by atoms with Crippen molar-refractivity contribution in [1.82, 2.24) is 14.7 Å². The Labute approximate surface area is 201 Å². The second-order valence-corrected chi connectivity index (χ2v) is 9.35. The van der Waals surface area contributed by atoms with Crippen LogP contribution in [0.5, 0.6) is 0 Å². The monoisotopic (exact) mass is 462 g/mol. The zero-order valence-corrected chi connectivity index (χ0v) is 20.7. The number of nitrogens with one attached hydrogen (secondary N) is 1. The van der Waals surface area contributed by atoms with Crippen LogP contribution in [0.3, 0.4) is 0 Å². The van der Waals surface area contributed by atoms with Crippen LogP contribution in [0.25, 0.3) is 5.69 Å². The van der Waals surface area contributed by atoms with Crippen molar-refractivity contribution in [3.05, 3.63) is 77.5 Å². The standard InChI is InChI=1S/C27H34N4O3/c1-6-30(26(33)19-34-18-21-10-8-7-9-11-21)17-25(32)28-24-16-23(27(3,4)5)29-31(24)22-14-12-20(2)13-15-22/h7-16H,6,17-19H2,1-5H3,(H,28,32). The molecule has 1 heterocycles. The fourth-order valence-corrected chi connectivity index (χ4v) is 3.37. The van der Waals surface area contributed by atoms with E-state index in [9.17, 15) is 9.59 Å². The first-order valence-electron chi connectivity index (χ1n) is 11.5. The lowest BCUT2D eigenvalue weighted by molar-refractivity contribution is -0.139. The first-order chi connectivity index (χ1) is 16.2. The van der Waals surface area contributed by atoms with Gasteiger partial charge in [0, 0.05) is 18.0 Å². The summed E-state index contributed by atoms with van der Waals surface area (Å²) < 4.78 is 7.29. The van der Waals surface area contributed by atoms with Crippen LogP contribution in [0, 0.1) is 6.92 Å². The topological polar surface area (TPSA) is 76.5 Å². The normalized spacial score (nSPS) is 11.3. The maximum Gasteiger partial charge on any atom is 0.249 e. The number of carbonyl (C=O) groups is 2. The van der Waals surface area contributed by atoms with E-state index >= 15 is 0 Å². The van der Waals surface area contributed by atoms with Crippen LogP contribution >= 0.6 is 0 Å². The van der Waals surface area contributed by atoms with Crippen LogP contribution < -0.4 is 5.32 Å². The molecule has 0 spiro atoms. The van der Waals surface area contributed by atoms with Crippen molar-refractivity contribution in [2.24, 2.45) is 0 Å². The molecule has 0 aliphatic carbocycles.